The van der Waals surface area contributed by atoms with Crippen molar-refractivity contribution >= 4 is 11.6 Å². The van der Waals surface area contributed by atoms with E-state index in [2.05, 4.69) is 5.32 Å². The van der Waals surface area contributed by atoms with E-state index in [1.165, 1.54) is 0 Å². The van der Waals surface area contributed by atoms with Crippen LogP contribution in [-0.4, -0.2) is 5.91 Å². The fourth-order valence-electron chi connectivity index (χ4n) is 0.967. The van der Waals surface area contributed by atoms with E-state index in [4.69, 9.17) is 5.26 Å². The Morgan fingerprint density at radius 2 is 2.07 bits per heavy atom. The quantitative estimate of drug-likeness (QED) is 0.773. The number of benzene rings is 1. The van der Waals surface area contributed by atoms with Gasteiger partial charge in [-0.3, -0.25) is 4.79 Å². The molecule has 0 aliphatic carbocycles. The molecular weight excluding hydrogens is 176 g/mol. The molecule has 72 valence electrons. The minimum absolute atomic E-state index is 0.0762. The highest BCUT2D eigenvalue weighted by Gasteiger charge is 2.08. The van der Waals surface area contributed by atoms with E-state index in [1.54, 1.807) is 24.3 Å². The van der Waals surface area contributed by atoms with Crippen molar-refractivity contribution in [2.75, 3.05) is 5.32 Å². The van der Waals surface area contributed by atoms with Gasteiger partial charge in [-0.25, -0.2) is 0 Å². The number of carbonyl (C=O) groups excluding carboxylic acids is 1. The summed E-state index contributed by atoms with van der Waals surface area (Å²) in [5, 5.41) is 11.5. The Morgan fingerprint density at radius 3 is 2.64 bits per heavy atom. The first-order valence-electron chi connectivity index (χ1n) is 4.45. The van der Waals surface area contributed by atoms with Crippen LogP contribution in [0.1, 0.15) is 19.4 Å². The molecule has 3 nitrogen and oxygen atoms in total. The highest BCUT2D eigenvalue weighted by Crippen LogP contribution is 2.14. The predicted molar refractivity (Wildman–Crippen MR) is 54.6 cm³/mol. The standard InChI is InChI=1S/C11H12N2O/c1-8(2)11(14)13-10-6-4-3-5-9(10)7-12/h3-6,8H,1-2H3,(H,13,14). The lowest BCUT2D eigenvalue weighted by Gasteiger charge is -2.08. The number of para-hydroxylation sites is 1. The molecule has 1 N–H and O–H groups in total. The molecule has 1 amide bonds. The normalized spacial score (nSPS) is 9.57. The minimum Gasteiger partial charge on any atom is -0.325 e. The Balaban J connectivity index is 2.87. The Hall–Kier alpha value is -1.82. The van der Waals surface area contributed by atoms with Crippen molar-refractivity contribution in [3.63, 3.8) is 0 Å². The molecule has 1 aromatic rings. The van der Waals surface area contributed by atoms with Crippen LogP contribution in [0.5, 0.6) is 0 Å². The zero-order valence-corrected chi connectivity index (χ0v) is 8.24. The number of nitrogens with zero attached hydrogens (tertiary/aromatic N) is 1. The van der Waals surface area contributed by atoms with Crippen LogP contribution in [0.2, 0.25) is 0 Å². The predicted octanol–water partition coefficient (Wildman–Crippen LogP) is 2.15. The van der Waals surface area contributed by atoms with Crippen LogP contribution < -0.4 is 5.32 Å². The zero-order chi connectivity index (χ0) is 10.6. The second kappa shape index (κ2) is 4.43. The van der Waals surface area contributed by atoms with E-state index < -0.39 is 0 Å². The fraction of sp³-hybridized carbons (Fsp3) is 0.273. The van der Waals surface area contributed by atoms with Crippen molar-refractivity contribution in [3.8, 4) is 6.07 Å². The molecule has 0 aromatic heterocycles. The lowest BCUT2D eigenvalue weighted by atomic mass is 10.1. The van der Waals surface area contributed by atoms with Crippen LogP contribution in [-0.2, 0) is 4.79 Å². The van der Waals surface area contributed by atoms with Gasteiger partial charge in [0, 0.05) is 5.92 Å². The average Bonchev–Trinajstić information content (AvgIpc) is 2.18. The van der Waals surface area contributed by atoms with Gasteiger partial charge in [0.15, 0.2) is 0 Å². The lowest BCUT2D eigenvalue weighted by molar-refractivity contribution is -0.118. The highest BCUT2D eigenvalue weighted by molar-refractivity contribution is 5.93. The summed E-state index contributed by atoms with van der Waals surface area (Å²) in [6.45, 7) is 3.62. The van der Waals surface area contributed by atoms with Crippen LogP contribution in [0.15, 0.2) is 24.3 Å². The van der Waals surface area contributed by atoms with Gasteiger partial charge >= 0.3 is 0 Å². The van der Waals surface area contributed by atoms with Gasteiger partial charge < -0.3 is 5.32 Å². The Labute approximate surface area is 83.4 Å². The van der Waals surface area contributed by atoms with Gasteiger partial charge in [0.25, 0.3) is 0 Å². The molecule has 1 rings (SSSR count). The molecular formula is C11H12N2O. The molecule has 0 saturated heterocycles. The van der Waals surface area contributed by atoms with Crippen molar-refractivity contribution < 1.29 is 4.79 Å². The van der Waals surface area contributed by atoms with Crippen molar-refractivity contribution in [3.05, 3.63) is 29.8 Å². The van der Waals surface area contributed by atoms with E-state index >= 15 is 0 Å². The summed E-state index contributed by atoms with van der Waals surface area (Å²) in [4.78, 5) is 11.4. The van der Waals surface area contributed by atoms with Gasteiger partial charge in [0.05, 0.1) is 11.3 Å². The number of carbonyl (C=O) groups is 1. The summed E-state index contributed by atoms with van der Waals surface area (Å²) in [5.41, 5.74) is 1.07. The molecule has 0 aliphatic heterocycles. The Bertz CT molecular complexity index is 377. The third kappa shape index (κ3) is 2.33. The third-order valence-electron chi connectivity index (χ3n) is 1.83. The second-order valence-corrected chi connectivity index (χ2v) is 3.30. The van der Waals surface area contributed by atoms with Gasteiger partial charge in [-0.2, -0.15) is 5.26 Å². The monoisotopic (exact) mass is 188 g/mol. The summed E-state index contributed by atoms with van der Waals surface area (Å²) < 4.78 is 0. The molecule has 0 unspecified atom stereocenters. The molecule has 0 spiro atoms. The first kappa shape index (κ1) is 10.3. The van der Waals surface area contributed by atoms with Crippen molar-refractivity contribution in [2.45, 2.75) is 13.8 Å². The highest BCUT2D eigenvalue weighted by atomic mass is 16.1. The van der Waals surface area contributed by atoms with E-state index in [-0.39, 0.29) is 11.8 Å². The largest absolute Gasteiger partial charge is 0.325 e. The van der Waals surface area contributed by atoms with Crippen LogP contribution in [0, 0.1) is 17.2 Å². The maximum absolute atomic E-state index is 11.4. The topological polar surface area (TPSA) is 52.9 Å². The van der Waals surface area contributed by atoms with Gasteiger partial charge in [0.2, 0.25) is 5.91 Å². The molecule has 14 heavy (non-hydrogen) atoms. The van der Waals surface area contributed by atoms with Gasteiger partial charge in [-0.15, -0.1) is 0 Å². The minimum atomic E-state index is -0.0817. The summed E-state index contributed by atoms with van der Waals surface area (Å²) in [5.74, 6) is -0.158. The summed E-state index contributed by atoms with van der Waals surface area (Å²) >= 11 is 0. The van der Waals surface area contributed by atoms with Crippen LogP contribution in [0.3, 0.4) is 0 Å². The number of anilines is 1. The number of nitriles is 1. The van der Waals surface area contributed by atoms with Crippen LogP contribution in [0.4, 0.5) is 5.69 Å². The smallest absolute Gasteiger partial charge is 0.226 e. The van der Waals surface area contributed by atoms with E-state index in [9.17, 15) is 4.79 Å². The number of amides is 1. The molecule has 0 atom stereocenters. The number of nitrogens with one attached hydrogen (secondary N) is 1. The maximum Gasteiger partial charge on any atom is 0.226 e. The average molecular weight is 188 g/mol. The van der Waals surface area contributed by atoms with Crippen molar-refractivity contribution in [1.82, 2.24) is 0 Å². The molecule has 0 bridgehead atoms. The number of rotatable bonds is 2. The third-order valence-corrected chi connectivity index (χ3v) is 1.83. The van der Waals surface area contributed by atoms with E-state index in [0.29, 0.717) is 11.3 Å². The zero-order valence-electron chi connectivity index (χ0n) is 8.24. The molecule has 1 aromatic carbocycles. The summed E-state index contributed by atoms with van der Waals surface area (Å²) in [7, 11) is 0. The van der Waals surface area contributed by atoms with Gasteiger partial charge in [-0.1, -0.05) is 26.0 Å². The van der Waals surface area contributed by atoms with Crippen LogP contribution >= 0.6 is 0 Å². The number of hydrogen-bond donors (Lipinski definition) is 1. The van der Waals surface area contributed by atoms with E-state index in [0.717, 1.165) is 0 Å². The van der Waals surface area contributed by atoms with Crippen molar-refractivity contribution in [2.24, 2.45) is 5.92 Å². The van der Waals surface area contributed by atoms with Crippen LogP contribution in [0.25, 0.3) is 0 Å². The van der Waals surface area contributed by atoms with E-state index in [1.807, 2.05) is 19.9 Å². The Kier molecular flexibility index (Phi) is 3.24. The lowest BCUT2D eigenvalue weighted by Crippen LogP contribution is -2.18. The molecule has 0 saturated carbocycles. The Morgan fingerprint density at radius 1 is 1.43 bits per heavy atom. The molecule has 0 radical (unpaired) electrons. The molecule has 3 heteroatoms. The number of hydrogen-bond acceptors (Lipinski definition) is 2. The molecule has 0 fully saturated rings. The SMILES string of the molecule is CC(C)C(=O)Nc1ccccc1C#N. The van der Waals surface area contributed by atoms with Gasteiger partial charge in [0.1, 0.15) is 6.07 Å². The maximum atomic E-state index is 11.4. The second-order valence-electron chi connectivity index (χ2n) is 3.30. The first-order valence-corrected chi connectivity index (χ1v) is 4.45. The van der Waals surface area contributed by atoms with Crippen molar-refractivity contribution in [1.29, 1.82) is 5.26 Å². The summed E-state index contributed by atoms with van der Waals surface area (Å²) in [6.07, 6.45) is 0. The first-order chi connectivity index (χ1) is 6.65. The summed E-state index contributed by atoms with van der Waals surface area (Å²) in [6, 6.07) is 8.98. The fourth-order valence-corrected chi connectivity index (χ4v) is 0.967. The molecule has 0 heterocycles. The molecule has 0 aliphatic rings. The van der Waals surface area contributed by atoms with Gasteiger partial charge in [-0.05, 0) is 12.1 Å².